The lowest BCUT2D eigenvalue weighted by atomic mass is 10.2. The predicted molar refractivity (Wildman–Crippen MR) is 73.5 cm³/mol. The summed E-state index contributed by atoms with van der Waals surface area (Å²) in [6.07, 6.45) is 0. The van der Waals surface area contributed by atoms with Gasteiger partial charge >= 0.3 is 0 Å². The number of hydrogen-bond acceptors (Lipinski definition) is 3. The van der Waals surface area contributed by atoms with Gasteiger partial charge in [0.05, 0.1) is 16.1 Å². The molecule has 1 aliphatic heterocycles. The minimum atomic E-state index is 0.846. The maximum absolute atomic E-state index is 5.29. The first-order valence-corrected chi connectivity index (χ1v) is 6.79. The first-order valence-electron chi connectivity index (χ1n) is 5.21. The van der Waals surface area contributed by atoms with Gasteiger partial charge in [0.25, 0.3) is 0 Å². The number of hydrogen-bond donors (Lipinski definition) is 1. The fraction of sp³-hybridized carbons (Fsp3) is 0.455. The zero-order valence-corrected chi connectivity index (χ0v) is 12.3. The van der Waals surface area contributed by atoms with Gasteiger partial charge in [-0.1, -0.05) is 0 Å². The minimum absolute atomic E-state index is 0.846. The monoisotopic (exact) mass is 348 g/mol. The van der Waals surface area contributed by atoms with Crippen molar-refractivity contribution in [3.63, 3.8) is 0 Å². The van der Waals surface area contributed by atoms with Crippen LogP contribution in [0.1, 0.15) is 0 Å². The van der Waals surface area contributed by atoms with E-state index < -0.39 is 0 Å². The van der Waals surface area contributed by atoms with Crippen molar-refractivity contribution >= 4 is 37.5 Å². The molecule has 1 fully saturated rings. The first-order chi connectivity index (χ1) is 7.72. The van der Waals surface area contributed by atoms with Crippen LogP contribution >= 0.6 is 31.9 Å². The molecule has 1 aromatic rings. The molecule has 0 spiro atoms. The second-order valence-corrected chi connectivity index (χ2v) is 5.39. The highest BCUT2D eigenvalue weighted by molar-refractivity contribution is 9.11. The molecular formula is C11H14Br2N2O. The van der Waals surface area contributed by atoms with Crippen LogP contribution in [-0.4, -0.2) is 33.3 Å². The maximum atomic E-state index is 5.29. The number of benzene rings is 1. The number of rotatable bonds is 2. The van der Waals surface area contributed by atoms with Gasteiger partial charge in [0.1, 0.15) is 5.75 Å². The summed E-state index contributed by atoms with van der Waals surface area (Å²) in [6, 6.07) is 4.21. The van der Waals surface area contributed by atoms with Crippen molar-refractivity contribution in [2.24, 2.45) is 0 Å². The average Bonchev–Trinajstić information content (AvgIpc) is 2.30. The molecule has 88 valence electrons. The third kappa shape index (κ3) is 2.52. The van der Waals surface area contributed by atoms with Crippen molar-refractivity contribution in [1.82, 2.24) is 5.32 Å². The second-order valence-electron chi connectivity index (χ2n) is 3.68. The quantitative estimate of drug-likeness (QED) is 0.888. The lowest BCUT2D eigenvalue weighted by Crippen LogP contribution is -2.43. The van der Waals surface area contributed by atoms with Crippen LogP contribution in [0.2, 0.25) is 0 Å². The van der Waals surface area contributed by atoms with Gasteiger partial charge in [-0.3, -0.25) is 0 Å². The Kier molecular flexibility index (Phi) is 4.10. The third-order valence-electron chi connectivity index (χ3n) is 2.67. The zero-order chi connectivity index (χ0) is 11.5. The lowest BCUT2D eigenvalue weighted by Gasteiger charge is -2.30. The first kappa shape index (κ1) is 12.2. The van der Waals surface area contributed by atoms with Crippen LogP contribution < -0.4 is 15.0 Å². The van der Waals surface area contributed by atoms with E-state index in [-0.39, 0.29) is 0 Å². The van der Waals surface area contributed by atoms with Gasteiger partial charge in [0, 0.05) is 31.9 Å². The van der Waals surface area contributed by atoms with Crippen LogP contribution in [0, 0.1) is 0 Å². The summed E-state index contributed by atoms with van der Waals surface area (Å²) in [5.74, 6) is 0.846. The SMILES string of the molecule is COc1c(Br)cc(N2CCNCC2)cc1Br. The molecule has 3 nitrogen and oxygen atoms in total. The van der Waals surface area contributed by atoms with Gasteiger partial charge in [-0.2, -0.15) is 0 Å². The largest absolute Gasteiger partial charge is 0.494 e. The molecule has 1 aromatic carbocycles. The molecule has 0 amide bonds. The molecule has 0 bridgehead atoms. The van der Waals surface area contributed by atoms with Crippen molar-refractivity contribution in [2.45, 2.75) is 0 Å². The van der Waals surface area contributed by atoms with Crippen molar-refractivity contribution < 1.29 is 4.74 Å². The maximum Gasteiger partial charge on any atom is 0.147 e. The van der Waals surface area contributed by atoms with E-state index in [9.17, 15) is 0 Å². The van der Waals surface area contributed by atoms with E-state index >= 15 is 0 Å². The summed E-state index contributed by atoms with van der Waals surface area (Å²) < 4.78 is 7.26. The summed E-state index contributed by atoms with van der Waals surface area (Å²) in [4.78, 5) is 2.37. The highest BCUT2D eigenvalue weighted by atomic mass is 79.9. The van der Waals surface area contributed by atoms with Crippen molar-refractivity contribution in [3.8, 4) is 5.75 Å². The van der Waals surface area contributed by atoms with Gasteiger partial charge < -0.3 is 15.0 Å². The Morgan fingerprint density at radius 1 is 1.19 bits per heavy atom. The molecular weight excluding hydrogens is 336 g/mol. The van der Waals surface area contributed by atoms with E-state index in [2.05, 4.69) is 54.2 Å². The van der Waals surface area contributed by atoms with Gasteiger partial charge in [0.2, 0.25) is 0 Å². The van der Waals surface area contributed by atoms with E-state index in [4.69, 9.17) is 4.74 Å². The van der Waals surface area contributed by atoms with Crippen molar-refractivity contribution in [1.29, 1.82) is 0 Å². The minimum Gasteiger partial charge on any atom is -0.494 e. The fourth-order valence-corrected chi connectivity index (χ4v) is 3.33. The molecule has 0 unspecified atom stereocenters. The number of nitrogens with zero attached hydrogens (tertiary/aromatic N) is 1. The Labute approximate surface area is 112 Å². The number of halogens is 2. The zero-order valence-electron chi connectivity index (χ0n) is 9.09. The Morgan fingerprint density at radius 3 is 2.25 bits per heavy atom. The van der Waals surface area contributed by atoms with Crippen LogP contribution in [0.4, 0.5) is 5.69 Å². The number of anilines is 1. The molecule has 1 saturated heterocycles. The summed E-state index contributed by atoms with van der Waals surface area (Å²) in [5, 5.41) is 3.35. The Morgan fingerprint density at radius 2 is 1.75 bits per heavy atom. The molecule has 5 heteroatoms. The molecule has 1 heterocycles. The van der Waals surface area contributed by atoms with Crippen LogP contribution in [0.5, 0.6) is 5.75 Å². The summed E-state index contributed by atoms with van der Waals surface area (Å²) >= 11 is 7.05. The third-order valence-corrected chi connectivity index (χ3v) is 3.85. The number of piperazine rings is 1. The van der Waals surface area contributed by atoms with E-state index in [1.54, 1.807) is 7.11 Å². The number of methoxy groups -OCH3 is 1. The smallest absolute Gasteiger partial charge is 0.147 e. The van der Waals surface area contributed by atoms with Crippen molar-refractivity contribution in [2.75, 3.05) is 38.2 Å². The van der Waals surface area contributed by atoms with Gasteiger partial charge in [-0.05, 0) is 44.0 Å². The fourth-order valence-electron chi connectivity index (χ4n) is 1.85. The van der Waals surface area contributed by atoms with E-state index in [0.29, 0.717) is 0 Å². The number of nitrogens with one attached hydrogen (secondary N) is 1. The molecule has 16 heavy (non-hydrogen) atoms. The summed E-state index contributed by atoms with van der Waals surface area (Å²) in [6.45, 7) is 4.18. The van der Waals surface area contributed by atoms with E-state index in [1.165, 1.54) is 5.69 Å². The van der Waals surface area contributed by atoms with Crippen LogP contribution in [0.3, 0.4) is 0 Å². The number of ether oxygens (including phenoxy) is 1. The average molecular weight is 350 g/mol. The van der Waals surface area contributed by atoms with E-state index in [1.807, 2.05) is 0 Å². The van der Waals surface area contributed by atoms with Crippen LogP contribution in [0.15, 0.2) is 21.1 Å². The molecule has 0 radical (unpaired) electrons. The molecule has 0 aliphatic carbocycles. The van der Waals surface area contributed by atoms with Gasteiger partial charge in [0.15, 0.2) is 0 Å². The Bertz CT molecular complexity index is 355. The normalized spacial score (nSPS) is 16.3. The van der Waals surface area contributed by atoms with Crippen LogP contribution in [-0.2, 0) is 0 Å². The predicted octanol–water partition coefficient (Wildman–Crippen LogP) is 2.63. The van der Waals surface area contributed by atoms with Crippen LogP contribution in [0.25, 0.3) is 0 Å². The van der Waals surface area contributed by atoms with E-state index in [0.717, 1.165) is 40.9 Å². The molecule has 1 N–H and O–H groups in total. The molecule has 0 atom stereocenters. The Balaban J connectivity index is 2.28. The summed E-state index contributed by atoms with van der Waals surface area (Å²) in [7, 11) is 1.68. The Hall–Kier alpha value is -0.260. The van der Waals surface area contributed by atoms with Gasteiger partial charge in [-0.25, -0.2) is 0 Å². The topological polar surface area (TPSA) is 24.5 Å². The van der Waals surface area contributed by atoms with Gasteiger partial charge in [-0.15, -0.1) is 0 Å². The lowest BCUT2D eigenvalue weighted by molar-refractivity contribution is 0.409. The highest BCUT2D eigenvalue weighted by Gasteiger charge is 2.14. The summed E-state index contributed by atoms with van der Waals surface area (Å²) in [5.41, 5.74) is 1.22. The molecule has 0 aromatic heterocycles. The standard InChI is InChI=1S/C11H14Br2N2O/c1-16-11-9(12)6-8(7-10(11)13)15-4-2-14-3-5-15/h6-7,14H,2-5H2,1H3. The van der Waals surface area contributed by atoms with Crippen molar-refractivity contribution in [3.05, 3.63) is 21.1 Å². The molecule has 1 aliphatic rings. The molecule has 0 saturated carbocycles. The molecule has 2 rings (SSSR count). The second kappa shape index (κ2) is 5.38. The highest BCUT2D eigenvalue weighted by Crippen LogP contribution is 2.37.